The number of hydrogen-bond acceptors (Lipinski definition) is 3. The molecule has 0 amide bonds. The molecule has 1 aliphatic heterocycles. The first-order valence-electron chi connectivity index (χ1n) is 5.32. The topological polar surface area (TPSA) is 50.8 Å². The van der Waals surface area contributed by atoms with Gasteiger partial charge in [-0.1, -0.05) is 6.92 Å². The average Bonchev–Trinajstić information content (AvgIpc) is 2.26. The number of hydrogen-bond donors (Lipinski definition) is 0. The first-order valence-corrected chi connectivity index (χ1v) is 5.32. The van der Waals surface area contributed by atoms with Gasteiger partial charge in [-0.15, -0.1) is 0 Å². The van der Waals surface area contributed by atoms with Gasteiger partial charge in [-0.3, -0.25) is 4.90 Å². The molecule has 0 bridgehead atoms. The Bertz CT molecular complexity index is 248. The van der Waals surface area contributed by atoms with Gasteiger partial charge in [0.15, 0.2) is 0 Å². The molecule has 1 heterocycles. The van der Waals surface area contributed by atoms with Crippen LogP contribution in [0.25, 0.3) is 0 Å². The van der Waals surface area contributed by atoms with Crippen molar-refractivity contribution < 1.29 is 0 Å². The highest BCUT2D eigenvalue weighted by Gasteiger charge is 2.24. The standard InChI is InChI=1S/C11H17N3/c1-2-11(5-6-12)14-7-3-4-10(8-13)9-14/h10-11H,2-5,7,9H2,1H3. The van der Waals surface area contributed by atoms with E-state index < -0.39 is 0 Å². The van der Waals surface area contributed by atoms with E-state index in [-0.39, 0.29) is 5.92 Å². The first kappa shape index (κ1) is 11.0. The van der Waals surface area contributed by atoms with E-state index in [9.17, 15) is 0 Å². The smallest absolute Gasteiger partial charge is 0.0669 e. The van der Waals surface area contributed by atoms with Crippen molar-refractivity contribution in [3.63, 3.8) is 0 Å². The van der Waals surface area contributed by atoms with Gasteiger partial charge in [0.1, 0.15) is 0 Å². The summed E-state index contributed by atoms with van der Waals surface area (Å²) >= 11 is 0. The molecule has 14 heavy (non-hydrogen) atoms. The van der Waals surface area contributed by atoms with E-state index >= 15 is 0 Å². The maximum absolute atomic E-state index is 8.85. The number of likely N-dealkylation sites (tertiary alicyclic amines) is 1. The quantitative estimate of drug-likeness (QED) is 0.684. The lowest BCUT2D eigenvalue weighted by molar-refractivity contribution is 0.139. The van der Waals surface area contributed by atoms with E-state index in [1.165, 1.54) is 0 Å². The molecule has 0 radical (unpaired) electrons. The van der Waals surface area contributed by atoms with Gasteiger partial charge in [-0.2, -0.15) is 10.5 Å². The summed E-state index contributed by atoms with van der Waals surface area (Å²) in [5.41, 5.74) is 0. The number of rotatable bonds is 3. The van der Waals surface area contributed by atoms with E-state index in [0.717, 1.165) is 32.4 Å². The van der Waals surface area contributed by atoms with Crippen LogP contribution in [0.4, 0.5) is 0 Å². The van der Waals surface area contributed by atoms with Crippen molar-refractivity contribution >= 4 is 0 Å². The molecule has 76 valence electrons. The molecule has 1 rings (SSSR count). The maximum Gasteiger partial charge on any atom is 0.0669 e. The van der Waals surface area contributed by atoms with Gasteiger partial charge in [0.05, 0.1) is 24.5 Å². The molecule has 3 nitrogen and oxygen atoms in total. The fourth-order valence-electron chi connectivity index (χ4n) is 2.08. The second-order valence-electron chi connectivity index (χ2n) is 3.89. The van der Waals surface area contributed by atoms with Crippen LogP contribution >= 0.6 is 0 Å². The lowest BCUT2D eigenvalue weighted by Gasteiger charge is -2.34. The van der Waals surface area contributed by atoms with Crippen molar-refractivity contribution in [3.8, 4) is 12.1 Å². The van der Waals surface area contributed by atoms with Gasteiger partial charge in [-0.25, -0.2) is 0 Å². The number of nitriles is 2. The van der Waals surface area contributed by atoms with Crippen molar-refractivity contribution in [2.75, 3.05) is 13.1 Å². The predicted molar refractivity (Wildman–Crippen MR) is 54.2 cm³/mol. The zero-order valence-electron chi connectivity index (χ0n) is 8.74. The molecule has 0 aromatic rings. The summed E-state index contributed by atoms with van der Waals surface area (Å²) in [6.45, 7) is 4.02. The molecule has 0 saturated carbocycles. The molecular weight excluding hydrogens is 174 g/mol. The van der Waals surface area contributed by atoms with Crippen LogP contribution in [-0.2, 0) is 0 Å². The highest BCUT2D eigenvalue weighted by atomic mass is 15.2. The molecular formula is C11H17N3. The normalized spacial score (nSPS) is 24.9. The molecule has 1 fully saturated rings. The maximum atomic E-state index is 8.85. The molecule has 1 aliphatic rings. The Kier molecular flexibility index (Phi) is 4.43. The van der Waals surface area contributed by atoms with Crippen LogP contribution < -0.4 is 0 Å². The van der Waals surface area contributed by atoms with Crippen molar-refractivity contribution in [3.05, 3.63) is 0 Å². The van der Waals surface area contributed by atoms with Gasteiger partial charge in [-0.05, 0) is 25.8 Å². The number of piperidine rings is 1. The first-order chi connectivity index (χ1) is 6.81. The summed E-state index contributed by atoms with van der Waals surface area (Å²) in [6, 6.07) is 4.91. The fraction of sp³-hybridized carbons (Fsp3) is 0.818. The molecule has 2 unspecified atom stereocenters. The third-order valence-electron chi connectivity index (χ3n) is 2.95. The highest BCUT2D eigenvalue weighted by Crippen LogP contribution is 2.20. The zero-order valence-corrected chi connectivity index (χ0v) is 8.74. The van der Waals surface area contributed by atoms with Crippen molar-refractivity contribution in [1.82, 2.24) is 4.90 Å². The SMILES string of the molecule is CCC(CC#N)N1CCCC(C#N)C1. The monoisotopic (exact) mass is 191 g/mol. The zero-order chi connectivity index (χ0) is 10.4. The molecule has 3 heteroatoms. The Morgan fingerprint density at radius 1 is 1.50 bits per heavy atom. The third kappa shape index (κ3) is 2.72. The van der Waals surface area contributed by atoms with E-state index in [2.05, 4.69) is 24.0 Å². The fourth-order valence-corrected chi connectivity index (χ4v) is 2.08. The molecule has 0 aromatic carbocycles. The Morgan fingerprint density at radius 3 is 2.86 bits per heavy atom. The lowest BCUT2D eigenvalue weighted by Crippen LogP contribution is -2.42. The van der Waals surface area contributed by atoms with Crippen LogP contribution in [0.5, 0.6) is 0 Å². The predicted octanol–water partition coefficient (Wildman–Crippen LogP) is 1.91. The molecule has 2 atom stereocenters. The van der Waals surface area contributed by atoms with Gasteiger partial charge in [0.25, 0.3) is 0 Å². The number of nitrogens with zero attached hydrogens (tertiary/aromatic N) is 3. The van der Waals surface area contributed by atoms with Crippen molar-refractivity contribution in [2.24, 2.45) is 5.92 Å². The molecule has 1 saturated heterocycles. The van der Waals surface area contributed by atoms with Crippen LogP contribution in [0.1, 0.15) is 32.6 Å². The minimum absolute atomic E-state index is 0.177. The molecule has 0 N–H and O–H groups in total. The van der Waals surface area contributed by atoms with Crippen LogP contribution in [0, 0.1) is 28.6 Å². The van der Waals surface area contributed by atoms with Crippen LogP contribution in [0.15, 0.2) is 0 Å². The van der Waals surface area contributed by atoms with Crippen LogP contribution in [-0.4, -0.2) is 24.0 Å². The minimum atomic E-state index is 0.177. The summed E-state index contributed by atoms with van der Waals surface area (Å²) in [5.74, 6) is 0.177. The van der Waals surface area contributed by atoms with E-state index in [4.69, 9.17) is 10.5 Å². The minimum Gasteiger partial charge on any atom is -0.298 e. The molecule has 0 aromatic heterocycles. The largest absolute Gasteiger partial charge is 0.298 e. The summed E-state index contributed by atoms with van der Waals surface area (Å²) in [6.07, 6.45) is 3.72. The van der Waals surface area contributed by atoms with Gasteiger partial charge in [0.2, 0.25) is 0 Å². The van der Waals surface area contributed by atoms with Crippen molar-refractivity contribution in [1.29, 1.82) is 10.5 Å². The average molecular weight is 191 g/mol. The summed E-state index contributed by atoms with van der Waals surface area (Å²) in [5, 5.41) is 17.5. The second kappa shape index (κ2) is 5.62. The lowest BCUT2D eigenvalue weighted by atomic mass is 9.97. The van der Waals surface area contributed by atoms with Crippen LogP contribution in [0.3, 0.4) is 0 Å². The van der Waals surface area contributed by atoms with E-state index in [0.29, 0.717) is 12.5 Å². The third-order valence-corrected chi connectivity index (χ3v) is 2.95. The van der Waals surface area contributed by atoms with E-state index in [1.54, 1.807) is 0 Å². The summed E-state index contributed by atoms with van der Waals surface area (Å²) in [7, 11) is 0. The van der Waals surface area contributed by atoms with Crippen LogP contribution in [0.2, 0.25) is 0 Å². The molecule has 0 spiro atoms. The Labute approximate surface area is 85.9 Å². The van der Waals surface area contributed by atoms with Gasteiger partial charge < -0.3 is 0 Å². The van der Waals surface area contributed by atoms with E-state index in [1.807, 2.05) is 0 Å². The molecule has 0 aliphatic carbocycles. The highest BCUT2D eigenvalue weighted by molar-refractivity contribution is 4.92. The van der Waals surface area contributed by atoms with Crippen molar-refractivity contribution in [2.45, 2.75) is 38.6 Å². The second-order valence-corrected chi connectivity index (χ2v) is 3.89. The summed E-state index contributed by atoms with van der Waals surface area (Å²) < 4.78 is 0. The van der Waals surface area contributed by atoms with Gasteiger partial charge >= 0.3 is 0 Å². The Balaban J connectivity index is 2.50. The summed E-state index contributed by atoms with van der Waals surface area (Å²) in [4.78, 5) is 2.31. The van der Waals surface area contributed by atoms with Gasteiger partial charge in [0, 0.05) is 12.6 Å². The Hall–Kier alpha value is -1.06. The Morgan fingerprint density at radius 2 is 2.29 bits per heavy atom.